The van der Waals surface area contributed by atoms with Gasteiger partial charge in [-0.05, 0) is 69.4 Å². The van der Waals surface area contributed by atoms with Crippen LogP contribution in [-0.4, -0.2) is 16.6 Å². The molecule has 0 radical (unpaired) electrons. The summed E-state index contributed by atoms with van der Waals surface area (Å²) in [4.78, 5) is 16.8. The van der Waals surface area contributed by atoms with Crippen LogP contribution in [0, 0.1) is 45.9 Å². The van der Waals surface area contributed by atoms with Crippen LogP contribution in [0.15, 0.2) is 23.2 Å². The van der Waals surface area contributed by atoms with Crippen LogP contribution in [0.1, 0.15) is 52.0 Å². The molecule has 5 heteroatoms. The Kier molecular flexibility index (Phi) is 6.44. The van der Waals surface area contributed by atoms with E-state index in [0.717, 1.165) is 22.4 Å². The van der Waals surface area contributed by atoms with Crippen LogP contribution < -0.4 is 5.32 Å². The third kappa shape index (κ3) is 4.44. The van der Waals surface area contributed by atoms with Crippen LogP contribution in [0.5, 0.6) is 0 Å². The number of hydrogen-bond donors (Lipinski definition) is 1. The summed E-state index contributed by atoms with van der Waals surface area (Å²) in [7, 11) is 0. The molecule has 0 fully saturated rings. The average molecular weight is 368 g/mol. The summed E-state index contributed by atoms with van der Waals surface area (Å²) in [5.41, 5.74) is 6.96. The second-order valence-corrected chi connectivity index (χ2v) is 7.62. The van der Waals surface area contributed by atoms with Crippen molar-refractivity contribution in [3.05, 3.63) is 57.3 Å². The quantitative estimate of drug-likeness (QED) is 0.792. The molecule has 26 heavy (non-hydrogen) atoms. The summed E-state index contributed by atoms with van der Waals surface area (Å²) < 4.78 is 0. The SMILES string of the molecule is Cc1ccc([C@@H](C)NC(=O)CSc2nc(C)c(C)c(C)c2C#N)cc1C. The zero-order valence-corrected chi connectivity index (χ0v) is 17.0. The van der Waals surface area contributed by atoms with E-state index in [1.165, 1.54) is 22.9 Å². The summed E-state index contributed by atoms with van der Waals surface area (Å²) in [6.45, 7) is 11.9. The molecule has 1 N–H and O–H groups in total. The highest BCUT2D eigenvalue weighted by Crippen LogP contribution is 2.26. The van der Waals surface area contributed by atoms with Gasteiger partial charge in [0.25, 0.3) is 0 Å². The van der Waals surface area contributed by atoms with Gasteiger partial charge in [0, 0.05) is 5.69 Å². The lowest BCUT2D eigenvalue weighted by Gasteiger charge is -2.16. The molecular formula is C21H25N3OS. The van der Waals surface area contributed by atoms with Crippen molar-refractivity contribution in [1.82, 2.24) is 10.3 Å². The number of rotatable bonds is 5. The summed E-state index contributed by atoms with van der Waals surface area (Å²) in [6.07, 6.45) is 0. The largest absolute Gasteiger partial charge is 0.349 e. The Bertz CT molecular complexity index is 884. The first-order valence-electron chi connectivity index (χ1n) is 8.61. The molecule has 0 aliphatic heterocycles. The van der Waals surface area contributed by atoms with Gasteiger partial charge in [-0.15, -0.1) is 0 Å². The van der Waals surface area contributed by atoms with Crippen LogP contribution in [0.4, 0.5) is 0 Å². The topological polar surface area (TPSA) is 65.8 Å². The first kappa shape index (κ1) is 20.0. The van der Waals surface area contributed by atoms with E-state index in [4.69, 9.17) is 0 Å². The molecule has 4 nitrogen and oxygen atoms in total. The van der Waals surface area contributed by atoms with Gasteiger partial charge in [-0.25, -0.2) is 4.98 Å². The Morgan fingerprint density at radius 2 is 1.88 bits per heavy atom. The molecule has 136 valence electrons. The standard InChI is InChI=1S/C21H25N3OS/c1-12-7-8-18(9-13(12)2)17(6)23-20(25)11-26-21-19(10-22)15(4)14(3)16(5)24-21/h7-9,17H,11H2,1-6H3,(H,23,25)/t17-/m1/s1. The molecule has 0 unspecified atom stereocenters. The predicted molar refractivity (Wildman–Crippen MR) is 106 cm³/mol. The second-order valence-electron chi connectivity index (χ2n) is 6.66. The molecule has 1 aromatic carbocycles. The van der Waals surface area contributed by atoms with Crippen LogP contribution in [0.3, 0.4) is 0 Å². The van der Waals surface area contributed by atoms with E-state index in [2.05, 4.69) is 42.4 Å². The number of pyridine rings is 1. The molecule has 1 atom stereocenters. The smallest absolute Gasteiger partial charge is 0.230 e. The molecule has 2 aromatic rings. The highest BCUT2D eigenvalue weighted by molar-refractivity contribution is 8.00. The summed E-state index contributed by atoms with van der Waals surface area (Å²) >= 11 is 1.31. The van der Waals surface area contributed by atoms with E-state index < -0.39 is 0 Å². The fourth-order valence-corrected chi connectivity index (χ4v) is 3.58. The number of hydrogen-bond acceptors (Lipinski definition) is 4. The molecule has 0 bridgehead atoms. The molecular weight excluding hydrogens is 342 g/mol. The van der Waals surface area contributed by atoms with Gasteiger partial charge in [-0.1, -0.05) is 30.0 Å². The van der Waals surface area contributed by atoms with E-state index in [-0.39, 0.29) is 17.7 Å². The van der Waals surface area contributed by atoms with Crippen molar-refractivity contribution in [3.63, 3.8) is 0 Å². The normalized spacial score (nSPS) is 11.7. The monoisotopic (exact) mass is 367 g/mol. The highest BCUT2D eigenvalue weighted by atomic mass is 32.2. The van der Waals surface area contributed by atoms with E-state index in [9.17, 15) is 10.1 Å². The summed E-state index contributed by atoms with van der Waals surface area (Å²) in [6, 6.07) is 8.38. The zero-order chi connectivity index (χ0) is 19.4. The average Bonchev–Trinajstić information content (AvgIpc) is 2.60. The number of thioether (sulfide) groups is 1. The third-order valence-corrected chi connectivity index (χ3v) is 5.80. The van der Waals surface area contributed by atoms with Crippen LogP contribution in [0.2, 0.25) is 0 Å². The predicted octanol–water partition coefficient (Wildman–Crippen LogP) is 4.46. The first-order valence-corrected chi connectivity index (χ1v) is 9.60. The van der Waals surface area contributed by atoms with Gasteiger partial charge in [0.05, 0.1) is 17.4 Å². The van der Waals surface area contributed by atoms with Crippen molar-refractivity contribution < 1.29 is 4.79 Å². The van der Waals surface area contributed by atoms with Crippen LogP contribution >= 0.6 is 11.8 Å². The van der Waals surface area contributed by atoms with Crippen molar-refractivity contribution in [2.24, 2.45) is 0 Å². The Morgan fingerprint density at radius 3 is 2.50 bits per heavy atom. The van der Waals surface area contributed by atoms with Crippen LogP contribution in [-0.2, 0) is 4.79 Å². The van der Waals surface area contributed by atoms with E-state index >= 15 is 0 Å². The van der Waals surface area contributed by atoms with Gasteiger partial charge in [0.2, 0.25) is 5.91 Å². The lowest BCUT2D eigenvalue weighted by Crippen LogP contribution is -2.28. The summed E-state index contributed by atoms with van der Waals surface area (Å²) in [5.74, 6) is 0.168. The maximum atomic E-state index is 12.3. The minimum absolute atomic E-state index is 0.0627. The van der Waals surface area contributed by atoms with Crippen molar-refractivity contribution in [3.8, 4) is 6.07 Å². The number of nitrogens with zero attached hydrogens (tertiary/aromatic N) is 2. The maximum absolute atomic E-state index is 12.3. The van der Waals surface area contributed by atoms with E-state index in [1.807, 2.05) is 33.8 Å². The minimum Gasteiger partial charge on any atom is -0.349 e. The second kappa shape index (κ2) is 8.37. The van der Waals surface area contributed by atoms with E-state index in [1.54, 1.807) is 0 Å². The number of benzene rings is 1. The number of carbonyl (C=O) groups excluding carboxylic acids is 1. The zero-order valence-electron chi connectivity index (χ0n) is 16.2. The third-order valence-electron chi connectivity index (χ3n) is 4.82. The lowest BCUT2D eigenvalue weighted by molar-refractivity contribution is -0.119. The Balaban J connectivity index is 2.05. The van der Waals surface area contributed by atoms with Gasteiger partial charge in [0.1, 0.15) is 11.1 Å². The summed E-state index contributed by atoms with van der Waals surface area (Å²) in [5, 5.41) is 13.1. The van der Waals surface area contributed by atoms with Gasteiger partial charge in [-0.3, -0.25) is 4.79 Å². The number of nitriles is 1. The first-order chi connectivity index (χ1) is 12.2. The molecule has 0 spiro atoms. The fourth-order valence-electron chi connectivity index (χ4n) is 2.68. The maximum Gasteiger partial charge on any atom is 0.230 e. The van der Waals surface area contributed by atoms with Gasteiger partial charge >= 0.3 is 0 Å². The van der Waals surface area contributed by atoms with Gasteiger partial charge < -0.3 is 5.32 Å². The molecule has 1 heterocycles. The van der Waals surface area contributed by atoms with Gasteiger partial charge in [0.15, 0.2) is 0 Å². The number of carbonyl (C=O) groups is 1. The Hall–Kier alpha value is -2.32. The molecule has 2 rings (SSSR count). The van der Waals surface area contributed by atoms with Crippen LogP contribution in [0.25, 0.3) is 0 Å². The lowest BCUT2D eigenvalue weighted by atomic mass is 10.0. The van der Waals surface area contributed by atoms with Crippen molar-refractivity contribution in [2.75, 3.05) is 5.75 Å². The molecule has 0 saturated heterocycles. The number of aryl methyl sites for hydroxylation is 3. The Labute approximate surface area is 160 Å². The number of aromatic nitrogens is 1. The fraction of sp³-hybridized carbons (Fsp3) is 0.381. The van der Waals surface area contributed by atoms with Crippen molar-refractivity contribution in [2.45, 2.75) is 52.6 Å². The molecule has 0 aliphatic carbocycles. The van der Waals surface area contributed by atoms with Crippen molar-refractivity contribution in [1.29, 1.82) is 5.26 Å². The molecule has 1 aromatic heterocycles. The minimum atomic E-state index is -0.0673. The van der Waals surface area contributed by atoms with Gasteiger partial charge in [-0.2, -0.15) is 5.26 Å². The number of amides is 1. The molecule has 0 aliphatic rings. The van der Waals surface area contributed by atoms with Crippen molar-refractivity contribution >= 4 is 17.7 Å². The molecule has 1 amide bonds. The van der Waals surface area contributed by atoms with E-state index in [0.29, 0.717) is 10.6 Å². The molecule has 0 saturated carbocycles. The highest BCUT2D eigenvalue weighted by Gasteiger charge is 2.15. The number of nitrogens with one attached hydrogen (secondary N) is 1. The Morgan fingerprint density at radius 1 is 1.19 bits per heavy atom.